The highest BCUT2D eigenvalue weighted by molar-refractivity contribution is 5.04. The third-order valence-electron chi connectivity index (χ3n) is 2.28. The zero-order valence-electron chi connectivity index (χ0n) is 9.09. The van der Waals surface area contributed by atoms with Gasteiger partial charge in [0.1, 0.15) is 0 Å². The summed E-state index contributed by atoms with van der Waals surface area (Å²) >= 11 is 0. The largest absolute Gasteiger partial charge is 0.405 e. The van der Waals surface area contributed by atoms with Gasteiger partial charge in [-0.2, -0.15) is 0 Å². The molecule has 0 aliphatic carbocycles. The Morgan fingerprint density at radius 1 is 1.62 bits per heavy atom. The number of hydrogen-bond acceptors (Lipinski definition) is 2. The van der Waals surface area contributed by atoms with Gasteiger partial charge in [-0.25, -0.2) is 0 Å². The average molecular weight is 182 g/mol. The summed E-state index contributed by atoms with van der Waals surface area (Å²) in [7, 11) is 2.17. The standard InChI is InChI=1S/C8H15N.C3H7N/c1-7(2)8-5-4-6-9(8)3;1-2-3-4/h8H,1,4-6H2,2-3H3;2-3H,4H2,1H3/b;3-2-/t8-;/m0./s1. The molecule has 2 nitrogen and oxygen atoms in total. The number of nitrogens with two attached hydrogens (primary N) is 1. The molecule has 0 aromatic heterocycles. The predicted molar refractivity (Wildman–Crippen MR) is 59.5 cm³/mol. The zero-order chi connectivity index (χ0) is 10.3. The highest BCUT2D eigenvalue weighted by Crippen LogP contribution is 2.19. The van der Waals surface area contributed by atoms with Crippen molar-refractivity contribution in [3.05, 3.63) is 24.4 Å². The Morgan fingerprint density at radius 3 is 2.31 bits per heavy atom. The molecule has 1 atom stereocenters. The van der Waals surface area contributed by atoms with E-state index in [1.165, 1.54) is 31.2 Å². The lowest BCUT2D eigenvalue weighted by atomic mass is 10.1. The molecule has 2 N–H and O–H groups in total. The van der Waals surface area contributed by atoms with Crippen LogP contribution in [0.25, 0.3) is 0 Å². The molecule has 2 heteroatoms. The quantitative estimate of drug-likeness (QED) is 0.629. The number of rotatable bonds is 1. The van der Waals surface area contributed by atoms with Gasteiger partial charge in [0.2, 0.25) is 0 Å². The molecule has 0 bridgehead atoms. The van der Waals surface area contributed by atoms with E-state index in [1.807, 2.05) is 6.92 Å². The van der Waals surface area contributed by atoms with Crippen molar-refractivity contribution in [3.8, 4) is 0 Å². The van der Waals surface area contributed by atoms with Crippen molar-refractivity contribution in [2.75, 3.05) is 13.6 Å². The highest BCUT2D eigenvalue weighted by atomic mass is 15.1. The third-order valence-corrected chi connectivity index (χ3v) is 2.28. The van der Waals surface area contributed by atoms with E-state index < -0.39 is 0 Å². The van der Waals surface area contributed by atoms with E-state index >= 15 is 0 Å². The lowest BCUT2D eigenvalue weighted by molar-refractivity contribution is 0.345. The van der Waals surface area contributed by atoms with Crippen molar-refractivity contribution in [1.29, 1.82) is 0 Å². The summed E-state index contributed by atoms with van der Waals surface area (Å²) in [5.41, 5.74) is 6.16. The van der Waals surface area contributed by atoms with Gasteiger partial charge in [-0.1, -0.05) is 18.2 Å². The Bertz CT molecular complexity index is 169. The summed E-state index contributed by atoms with van der Waals surface area (Å²) in [6, 6.07) is 0.671. The van der Waals surface area contributed by atoms with Crippen LogP contribution < -0.4 is 5.73 Å². The molecule has 0 aromatic carbocycles. The maximum atomic E-state index is 4.85. The van der Waals surface area contributed by atoms with Crippen molar-refractivity contribution >= 4 is 0 Å². The van der Waals surface area contributed by atoms with E-state index in [-0.39, 0.29) is 0 Å². The summed E-state index contributed by atoms with van der Waals surface area (Å²) in [5, 5.41) is 0. The predicted octanol–water partition coefficient (Wildman–Crippen LogP) is 2.14. The van der Waals surface area contributed by atoms with E-state index in [0.29, 0.717) is 6.04 Å². The van der Waals surface area contributed by atoms with E-state index in [9.17, 15) is 0 Å². The Morgan fingerprint density at radius 2 is 2.15 bits per heavy atom. The van der Waals surface area contributed by atoms with Gasteiger partial charge in [-0.05, 0) is 46.5 Å². The maximum Gasteiger partial charge on any atom is 0.0299 e. The van der Waals surface area contributed by atoms with Crippen LogP contribution in [-0.2, 0) is 0 Å². The van der Waals surface area contributed by atoms with E-state index in [2.05, 4.69) is 25.5 Å². The first-order valence-corrected chi connectivity index (χ1v) is 4.82. The Kier molecular flexibility index (Phi) is 6.33. The molecular formula is C11H22N2. The second kappa shape index (κ2) is 6.72. The molecule has 1 heterocycles. The number of likely N-dealkylation sites (tertiary alicyclic amines) is 1. The number of hydrogen-bond donors (Lipinski definition) is 1. The van der Waals surface area contributed by atoms with Crippen molar-refractivity contribution in [3.63, 3.8) is 0 Å². The first kappa shape index (κ1) is 12.2. The summed E-state index contributed by atoms with van der Waals surface area (Å²) in [6.07, 6.45) is 5.93. The smallest absolute Gasteiger partial charge is 0.0299 e. The normalized spacial score (nSPS) is 22.8. The van der Waals surface area contributed by atoms with Crippen LogP contribution in [0.5, 0.6) is 0 Å². The van der Waals surface area contributed by atoms with Crippen molar-refractivity contribution in [2.24, 2.45) is 5.73 Å². The fraction of sp³-hybridized carbons (Fsp3) is 0.636. The van der Waals surface area contributed by atoms with Gasteiger partial charge in [0.05, 0.1) is 0 Å². The lowest BCUT2D eigenvalue weighted by Gasteiger charge is -2.18. The van der Waals surface area contributed by atoms with Gasteiger partial charge in [0.15, 0.2) is 0 Å². The SMILES string of the molecule is C/C=C\N.C=C(C)[C@@H]1CCCN1C. The Labute approximate surface area is 82.1 Å². The molecule has 1 aliphatic rings. The van der Waals surface area contributed by atoms with Crippen molar-refractivity contribution < 1.29 is 0 Å². The first-order chi connectivity index (χ1) is 6.13. The molecule has 0 spiro atoms. The molecule has 1 rings (SSSR count). The molecule has 13 heavy (non-hydrogen) atoms. The molecule has 1 fully saturated rings. The summed E-state index contributed by atoms with van der Waals surface area (Å²) in [5.74, 6) is 0. The van der Waals surface area contributed by atoms with Crippen molar-refractivity contribution in [2.45, 2.75) is 32.7 Å². The van der Waals surface area contributed by atoms with Crippen LogP contribution in [0.15, 0.2) is 24.4 Å². The fourth-order valence-electron chi connectivity index (χ4n) is 1.53. The van der Waals surface area contributed by atoms with Gasteiger partial charge in [-0.3, -0.25) is 4.90 Å². The molecule has 0 aromatic rings. The Hall–Kier alpha value is -0.760. The van der Waals surface area contributed by atoms with E-state index in [1.54, 1.807) is 6.08 Å². The van der Waals surface area contributed by atoms with Crippen LogP contribution >= 0.6 is 0 Å². The van der Waals surface area contributed by atoms with Crippen LogP contribution in [0.1, 0.15) is 26.7 Å². The number of likely N-dealkylation sites (N-methyl/N-ethyl adjacent to an activating group) is 1. The third kappa shape index (κ3) is 4.73. The summed E-state index contributed by atoms with van der Waals surface area (Å²) in [6.45, 7) is 9.19. The second-order valence-electron chi connectivity index (χ2n) is 3.51. The van der Waals surface area contributed by atoms with Gasteiger partial charge < -0.3 is 5.73 Å². The molecule has 0 radical (unpaired) electrons. The van der Waals surface area contributed by atoms with Crippen LogP contribution in [0.3, 0.4) is 0 Å². The van der Waals surface area contributed by atoms with Gasteiger partial charge >= 0.3 is 0 Å². The molecule has 0 saturated carbocycles. The van der Waals surface area contributed by atoms with Crippen molar-refractivity contribution in [1.82, 2.24) is 4.90 Å². The summed E-state index contributed by atoms with van der Waals surface area (Å²) in [4.78, 5) is 2.38. The first-order valence-electron chi connectivity index (χ1n) is 4.82. The minimum absolute atomic E-state index is 0.671. The summed E-state index contributed by atoms with van der Waals surface area (Å²) < 4.78 is 0. The average Bonchev–Trinajstić information content (AvgIpc) is 2.52. The van der Waals surface area contributed by atoms with Gasteiger partial charge in [0, 0.05) is 6.04 Å². The van der Waals surface area contributed by atoms with E-state index in [4.69, 9.17) is 5.73 Å². The van der Waals surface area contributed by atoms with Gasteiger partial charge in [-0.15, -0.1) is 0 Å². The van der Waals surface area contributed by atoms with Crippen LogP contribution in [0.2, 0.25) is 0 Å². The lowest BCUT2D eigenvalue weighted by Crippen LogP contribution is -2.25. The topological polar surface area (TPSA) is 29.3 Å². The highest BCUT2D eigenvalue weighted by Gasteiger charge is 2.20. The fourth-order valence-corrected chi connectivity index (χ4v) is 1.53. The second-order valence-corrected chi connectivity index (χ2v) is 3.51. The molecule has 0 amide bonds. The van der Waals surface area contributed by atoms with Crippen LogP contribution in [0.4, 0.5) is 0 Å². The molecule has 1 aliphatic heterocycles. The van der Waals surface area contributed by atoms with Crippen LogP contribution in [-0.4, -0.2) is 24.5 Å². The van der Waals surface area contributed by atoms with Gasteiger partial charge in [0.25, 0.3) is 0 Å². The monoisotopic (exact) mass is 182 g/mol. The minimum Gasteiger partial charge on any atom is -0.405 e. The maximum absolute atomic E-state index is 4.85. The molecule has 1 saturated heterocycles. The Balaban J connectivity index is 0.000000310. The molecule has 0 unspecified atom stereocenters. The number of allylic oxidation sites excluding steroid dienone is 1. The zero-order valence-corrected chi connectivity index (χ0v) is 9.09. The number of nitrogens with zero attached hydrogens (tertiary/aromatic N) is 1. The molecule has 76 valence electrons. The van der Waals surface area contributed by atoms with E-state index in [0.717, 1.165) is 0 Å². The van der Waals surface area contributed by atoms with Crippen LogP contribution in [0, 0.1) is 0 Å². The molecular weight excluding hydrogens is 160 g/mol. The minimum atomic E-state index is 0.671.